The summed E-state index contributed by atoms with van der Waals surface area (Å²) in [6, 6.07) is 0. The lowest BCUT2D eigenvalue weighted by Gasteiger charge is -2.37. The van der Waals surface area contributed by atoms with Crippen LogP contribution in [0.25, 0.3) is 0 Å². The fraction of sp³-hybridized carbons (Fsp3) is 0.615. The second-order valence-corrected chi connectivity index (χ2v) is 9.28. The molecule has 0 aromatic rings. The minimum absolute atomic E-state index is 0.0475. The van der Waals surface area contributed by atoms with Gasteiger partial charge in [-0.25, -0.2) is 9.98 Å². The van der Waals surface area contributed by atoms with Crippen LogP contribution < -0.4 is 0 Å². The third-order valence-corrected chi connectivity index (χ3v) is 7.40. The molecule has 1 saturated carbocycles. The third kappa shape index (κ3) is 3.80. The van der Waals surface area contributed by atoms with Crippen molar-refractivity contribution in [3.8, 4) is 0 Å². The molecule has 0 saturated heterocycles. The van der Waals surface area contributed by atoms with Crippen LogP contribution in [0.2, 0.25) is 0 Å². The molecule has 0 amide bonds. The van der Waals surface area contributed by atoms with Crippen molar-refractivity contribution in [2.75, 3.05) is 6.61 Å². The maximum Gasteiger partial charge on any atom is 0.155 e. The first-order valence-corrected chi connectivity index (χ1v) is 12.0. The highest BCUT2D eigenvalue weighted by atomic mass is 16.5. The van der Waals surface area contributed by atoms with Crippen LogP contribution in [0.3, 0.4) is 0 Å². The Morgan fingerprint density at radius 2 is 1.90 bits per heavy atom. The average molecular weight is 407 g/mol. The number of nitrogens with zero attached hydrogens (tertiary/aromatic N) is 2. The second-order valence-electron chi connectivity index (χ2n) is 9.28. The molecule has 0 radical (unpaired) electrons. The fourth-order valence-corrected chi connectivity index (χ4v) is 5.92. The largest absolute Gasteiger partial charge is 0.392 e. The number of hydrogen-bond acceptors (Lipinski definition) is 4. The van der Waals surface area contributed by atoms with Gasteiger partial charge in [0.1, 0.15) is 5.84 Å². The van der Waals surface area contributed by atoms with Crippen molar-refractivity contribution in [2.24, 2.45) is 27.7 Å². The zero-order chi connectivity index (χ0) is 20.5. The summed E-state index contributed by atoms with van der Waals surface area (Å²) in [7, 11) is 0. The molecule has 1 fully saturated rings. The van der Waals surface area contributed by atoms with E-state index in [9.17, 15) is 5.11 Å². The normalized spacial score (nSPS) is 35.9. The lowest BCUT2D eigenvalue weighted by molar-refractivity contribution is 0.0699. The molecule has 1 N–H and O–H groups in total. The zero-order valence-electron chi connectivity index (χ0n) is 18.1. The summed E-state index contributed by atoms with van der Waals surface area (Å²) in [5, 5.41) is 10.6. The van der Waals surface area contributed by atoms with Crippen LogP contribution in [0.5, 0.6) is 0 Å². The molecule has 160 valence electrons. The fourth-order valence-electron chi connectivity index (χ4n) is 5.92. The molecule has 1 heterocycles. The molecular formula is C26H34N2O2. The molecule has 0 bridgehead atoms. The number of fused-ring (bicyclic) bond motifs is 2. The highest BCUT2D eigenvalue weighted by Crippen LogP contribution is 2.45. The summed E-state index contributed by atoms with van der Waals surface area (Å²) in [4.78, 5) is 9.98. The Morgan fingerprint density at radius 1 is 1.07 bits per heavy atom. The second kappa shape index (κ2) is 8.76. The third-order valence-electron chi connectivity index (χ3n) is 7.40. The Kier molecular flexibility index (Phi) is 5.88. The van der Waals surface area contributed by atoms with Crippen molar-refractivity contribution < 1.29 is 9.84 Å². The quantitative estimate of drug-likeness (QED) is 0.688. The number of ether oxygens (including phenoxy) is 1. The highest BCUT2D eigenvalue weighted by molar-refractivity contribution is 6.12. The standard InChI is InChI=1S/C26H34N2O2/c1-2-30-25-16-23(27-26(28-25)21-13-7-8-14-24(21)29)22-15-17-9-3-4-10-18(17)19-11-5-6-12-20(19)22/h3-4,9-10,15,17-18,21,24-25,29H,2,5-8,11-14,16H2,1H3. The van der Waals surface area contributed by atoms with Gasteiger partial charge in [0.05, 0.1) is 11.8 Å². The van der Waals surface area contributed by atoms with E-state index in [1.165, 1.54) is 30.4 Å². The first-order valence-electron chi connectivity index (χ1n) is 12.0. The van der Waals surface area contributed by atoms with Gasteiger partial charge in [-0.1, -0.05) is 48.8 Å². The molecule has 0 aromatic carbocycles. The number of aliphatic imine (C=N–C) groups is 2. The number of amidine groups is 1. The smallest absolute Gasteiger partial charge is 0.155 e. The molecule has 5 rings (SSSR count). The van der Waals surface area contributed by atoms with E-state index < -0.39 is 0 Å². The monoisotopic (exact) mass is 406 g/mol. The lowest BCUT2D eigenvalue weighted by atomic mass is 9.68. The molecule has 4 aliphatic carbocycles. The van der Waals surface area contributed by atoms with Gasteiger partial charge in [-0.15, -0.1) is 0 Å². The summed E-state index contributed by atoms with van der Waals surface area (Å²) in [5.41, 5.74) is 5.63. The molecule has 30 heavy (non-hydrogen) atoms. The molecule has 4 nitrogen and oxygen atoms in total. The maximum absolute atomic E-state index is 10.6. The molecule has 5 unspecified atom stereocenters. The van der Waals surface area contributed by atoms with Crippen LogP contribution in [0.15, 0.2) is 57.1 Å². The number of allylic oxidation sites excluding steroid dienone is 8. The van der Waals surface area contributed by atoms with Gasteiger partial charge in [-0.05, 0) is 56.6 Å². The van der Waals surface area contributed by atoms with E-state index in [0.717, 1.165) is 50.1 Å². The highest BCUT2D eigenvalue weighted by Gasteiger charge is 2.36. The molecule has 0 spiro atoms. The number of rotatable bonds is 4. The van der Waals surface area contributed by atoms with Gasteiger partial charge >= 0.3 is 0 Å². The average Bonchev–Trinajstić information content (AvgIpc) is 2.79. The molecule has 5 aliphatic rings. The Bertz CT molecular complexity index is 860. The van der Waals surface area contributed by atoms with Gasteiger partial charge in [-0.3, -0.25) is 0 Å². The summed E-state index contributed by atoms with van der Waals surface area (Å²) in [6.07, 6.45) is 20.8. The van der Waals surface area contributed by atoms with Crippen LogP contribution in [-0.4, -0.2) is 35.6 Å². The first-order chi connectivity index (χ1) is 14.7. The Balaban J connectivity index is 1.53. The minimum Gasteiger partial charge on any atom is -0.392 e. The van der Waals surface area contributed by atoms with Crippen LogP contribution >= 0.6 is 0 Å². The summed E-state index contributed by atoms with van der Waals surface area (Å²) in [5.74, 6) is 1.82. The molecule has 1 aliphatic heterocycles. The van der Waals surface area contributed by atoms with Crippen molar-refractivity contribution in [3.05, 3.63) is 47.1 Å². The van der Waals surface area contributed by atoms with Gasteiger partial charge in [0, 0.05) is 30.8 Å². The molecular weight excluding hydrogens is 372 g/mol. The molecule has 4 heteroatoms. The summed E-state index contributed by atoms with van der Waals surface area (Å²) < 4.78 is 5.98. The minimum atomic E-state index is -0.330. The van der Waals surface area contributed by atoms with Crippen LogP contribution in [0.4, 0.5) is 0 Å². The first kappa shape index (κ1) is 20.1. The van der Waals surface area contributed by atoms with Crippen LogP contribution in [0.1, 0.15) is 64.7 Å². The SMILES string of the molecule is CCOC1CC(C2=CC3C=CC=CC3C3=C2CCCC3)=NC(C2CCCCC2O)=N1. The van der Waals surface area contributed by atoms with E-state index >= 15 is 0 Å². The summed E-state index contributed by atoms with van der Waals surface area (Å²) >= 11 is 0. The predicted molar refractivity (Wildman–Crippen MR) is 122 cm³/mol. The van der Waals surface area contributed by atoms with Crippen LogP contribution in [0, 0.1) is 17.8 Å². The van der Waals surface area contributed by atoms with E-state index in [4.69, 9.17) is 14.7 Å². The topological polar surface area (TPSA) is 54.2 Å². The Labute approximate surface area is 180 Å². The van der Waals surface area contributed by atoms with Gasteiger partial charge in [-0.2, -0.15) is 0 Å². The lowest BCUT2D eigenvalue weighted by Crippen LogP contribution is -2.36. The van der Waals surface area contributed by atoms with Crippen molar-refractivity contribution in [2.45, 2.75) is 77.0 Å². The van der Waals surface area contributed by atoms with Crippen molar-refractivity contribution in [1.29, 1.82) is 0 Å². The van der Waals surface area contributed by atoms with Gasteiger partial charge < -0.3 is 9.84 Å². The van der Waals surface area contributed by atoms with E-state index in [1.54, 1.807) is 5.57 Å². The summed E-state index contributed by atoms with van der Waals surface area (Å²) in [6.45, 7) is 2.68. The van der Waals surface area contributed by atoms with E-state index in [1.807, 2.05) is 6.92 Å². The number of aliphatic hydroxyl groups excluding tert-OH is 1. The Hall–Kier alpha value is -1.78. The van der Waals surface area contributed by atoms with Gasteiger partial charge in [0.25, 0.3) is 0 Å². The van der Waals surface area contributed by atoms with E-state index in [0.29, 0.717) is 18.4 Å². The number of aliphatic hydroxyl groups is 1. The number of hydrogen-bond donors (Lipinski definition) is 1. The van der Waals surface area contributed by atoms with Gasteiger partial charge in [0.2, 0.25) is 0 Å². The molecule has 0 aromatic heterocycles. The predicted octanol–water partition coefficient (Wildman–Crippen LogP) is 5.31. The van der Waals surface area contributed by atoms with Crippen molar-refractivity contribution >= 4 is 11.5 Å². The zero-order valence-corrected chi connectivity index (χ0v) is 18.1. The van der Waals surface area contributed by atoms with E-state index in [2.05, 4.69) is 30.4 Å². The van der Waals surface area contributed by atoms with E-state index in [-0.39, 0.29) is 18.2 Å². The maximum atomic E-state index is 10.6. The molecule has 5 atom stereocenters. The van der Waals surface area contributed by atoms with Crippen LogP contribution in [-0.2, 0) is 4.74 Å². The van der Waals surface area contributed by atoms with Gasteiger partial charge in [0.15, 0.2) is 6.23 Å². The Morgan fingerprint density at radius 3 is 2.77 bits per heavy atom. The van der Waals surface area contributed by atoms with Crippen molar-refractivity contribution in [1.82, 2.24) is 0 Å². The van der Waals surface area contributed by atoms with Crippen molar-refractivity contribution in [3.63, 3.8) is 0 Å².